The Kier molecular flexibility index (Phi) is 5.53. The molecule has 26 heavy (non-hydrogen) atoms. The molecule has 4 heteroatoms. The van der Waals surface area contributed by atoms with E-state index in [4.69, 9.17) is 0 Å². The average Bonchev–Trinajstić information content (AvgIpc) is 3.06. The SMILES string of the molecule is Cc1ccc(CN2C[C@@H](CN3CCCCC3)[C@@H](CO)C2)c2cccnc12. The molecule has 2 fully saturated rings. The van der Waals surface area contributed by atoms with Gasteiger partial charge in [0, 0.05) is 44.4 Å². The van der Waals surface area contributed by atoms with Crippen molar-refractivity contribution >= 4 is 10.9 Å². The number of aliphatic hydroxyl groups excluding tert-OH is 1. The minimum absolute atomic E-state index is 0.311. The molecule has 2 aromatic rings. The van der Waals surface area contributed by atoms with Gasteiger partial charge in [0.1, 0.15) is 0 Å². The Hall–Kier alpha value is -1.49. The maximum atomic E-state index is 9.90. The van der Waals surface area contributed by atoms with Crippen LogP contribution in [0.2, 0.25) is 0 Å². The van der Waals surface area contributed by atoms with Gasteiger partial charge in [-0.25, -0.2) is 0 Å². The molecule has 140 valence electrons. The van der Waals surface area contributed by atoms with Crippen molar-refractivity contribution in [2.24, 2.45) is 11.8 Å². The number of hydrogen-bond donors (Lipinski definition) is 1. The van der Waals surface area contributed by atoms with Crippen LogP contribution in [0.5, 0.6) is 0 Å². The second kappa shape index (κ2) is 8.03. The summed E-state index contributed by atoms with van der Waals surface area (Å²) in [6, 6.07) is 8.67. The number of pyridine rings is 1. The third kappa shape index (κ3) is 3.78. The van der Waals surface area contributed by atoms with Gasteiger partial charge in [-0.15, -0.1) is 0 Å². The summed E-state index contributed by atoms with van der Waals surface area (Å²) < 4.78 is 0. The molecule has 4 rings (SSSR count). The van der Waals surface area contributed by atoms with E-state index < -0.39 is 0 Å². The molecule has 2 atom stereocenters. The maximum Gasteiger partial charge on any atom is 0.0734 e. The van der Waals surface area contributed by atoms with Crippen LogP contribution in [0.15, 0.2) is 30.5 Å². The fraction of sp³-hybridized carbons (Fsp3) is 0.591. The van der Waals surface area contributed by atoms with Gasteiger partial charge in [0.05, 0.1) is 5.52 Å². The van der Waals surface area contributed by atoms with Gasteiger partial charge in [0.2, 0.25) is 0 Å². The molecule has 1 N–H and O–H groups in total. The Bertz CT molecular complexity index is 741. The van der Waals surface area contributed by atoms with E-state index >= 15 is 0 Å². The highest BCUT2D eigenvalue weighted by Crippen LogP contribution is 2.28. The smallest absolute Gasteiger partial charge is 0.0734 e. The molecule has 0 unspecified atom stereocenters. The molecule has 0 saturated carbocycles. The lowest BCUT2D eigenvalue weighted by Crippen LogP contribution is -2.37. The monoisotopic (exact) mass is 353 g/mol. The van der Waals surface area contributed by atoms with Crippen molar-refractivity contribution < 1.29 is 5.11 Å². The van der Waals surface area contributed by atoms with Crippen molar-refractivity contribution in [2.75, 3.05) is 39.3 Å². The zero-order chi connectivity index (χ0) is 17.9. The Morgan fingerprint density at radius 2 is 1.85 bits per heavy atom. The van der Waals surface area contributed by atoms with Crippen molar-refractivity contribution in [1.29, 1.82) is 0 Å². The first kappa shape index (κ1) is 17.9. The molecule has 0 spiro atoms. The number of nitrogens with zero attached hydrogens (tertiary/aromatic N) is 3. The number of aliphatic hydroxyl groups is 1. The molecule has 3 heterocycles. The molecular formula is C22H31N3O. The predicted octanol–water partition coefficient (Wildman–Crippen LogP) is 3.07. The van der Waals surface area contributed by atoms with Crippen LogP contribution >= 0.6 is 0 Å². The molecule has 2 aliphatic heterocycles. The first-order valence-corrected chi connectivity index (χ1v) is 10.1. The summed E-state index contributed by atoms with van der Waals surface area (Å²) in [5.41, 5.74) is 3.71. The first-order valence-electron chi connectivity index (χ1n) is 10.1. The Balaban J connectivity index is 1.46. The lowest BCUT2D eigenvalue weighted by molar-refractivity contribution is 0.149. The second-order valence-electron chi connectivity index (χ2n) is 8.20. The molecule has 4 nitrogen and oxygen atoms in total. The fourth-order valence-electron chi connectivity index (χ4n) is 4.80. The number of hydrogen-bond acceptors (Lipinski definition) is 4. The van der Waals surface area contributed by atoms with Crippen LogP contribution in [0.25, 0.3) is 10.9 Å². The molecule has 0 radical (unpaired) electrons. The quantitative estimate of drug-likeness (QED) is 0.897. The van der Waals surface area contributed by atoms with Crippen LogP contribution in [-0.4, -0.2) is 59.2 Å². The van der Waals surface area contributed by atoms with Gasteiger partial charge in [-0.2, -0.15) is 0 Å². The van der Waals surface area contributed by atoms with Crippen LogP contribution in [-0.2, 0) is 6.54 Å². The third-order valence-electron chi connectivity index (χ3n) is 6.28. The van der Waals surface area contributed by atoms with Crippen molar-refractivity contribution in [3.8, 4) is 0 Å². The summed E-state index contributed by atoms with van der Waals surface area (Å²) in [6.07, 6.45) is 5.93. The van der Waals surface area contributed by atoms with Crippen LogP contribution < -0.4 is 0 Å². The molecular weight excluding hydrogens is 322 g/mol. The fourth-order valence-corrected chi connectivity index (χ4v) is 4.80. The molecule has 1 aromatic heterocycles. The number of aromatic nitrogens is 1. The van der Waals surface area contributed by atoms with Gasteiger partial charge in [0.25, 0.3) is 0 Å². The standard InChI is InChI=1S/C22H31N3O/c1-17-7-8-18(21-6-5-9-23-22(17)21)12-25-14-19(20(15-25)16-26)13-24-10-3-2-4-11-24/h5-9,19-20,26H,2-4,10-16H2,1H3/t19-,20-/m1/s1. The van der Waals surface area contributed by atoms with E-state index in [1.54, 1.807) is 0 Å². The van der Waals surface area contributed by atoms with E-state index in [0.717, 1.165) is 31.7 Å². The predicted molar refractivity (Wildman–Crippen MR) is 106 cm³/mol. The highest BCUT2D eigenvalue weighted by molar-refractivity contribution is 5.84. The van der Waals surface area contributed by atoms with Gasteiger partial charge < -0.3 is 10.0 Å². The minimum Gasteiger partial charge on any atom is -0.396 e. The van der Waals surface area contributed by atoms with Crippen LogP contribution in [0.4, 0.5) is 0 Å². The van der Waals surface area contributed by atoms with Crippen LogP contribution in [0, 0.1) is 18.8 Å². The third-order valence-corrected chi connectivity index (χ3v) is 6.28. The summed E-state index contributed by atoms with van der Waals surface area (Å²) in [4.78, 5) is 9.73. The number of rotatable bonds is 5. The molecule has 1 aromatic carbocycles. The van der Waals surface area contributed by atoms with Gasteiger partial charge in [-0.1, -0.05) is 24.6 Å². The topological polar surface area (TPSA) is 39.6 Å². The van der Waals surface area contributed by atoms with E-state index in [1.807, 2.05) is 12.3 Å². The lowest BCUT2D eigenvalue weighted by Gasteiger charge is -2.30. The highest BCUT2D eigenvalue weighted by atomic mass is 16.3. The Labute approximate surface area is 156 Å². The van der Waals surface area contributed by atoms with Crippen molar-refractivity contribution in [3.63, 3.8) is 0 Å². The van der Waals surface area contributed by atoms with E-state index in [9.17, 15) is 5.11 Å². The van der Waals surface area contributed by atoms with E-state index in [1.165, 1.54) is 48.9 Å². The summed E-state index contributed by atoms with van der Waals surface area (Å²) in [6.45, 7) is 9.12. The van der Waals surface area contributed by atoms with E-state index in [0.29, 0.717) is 18.4 Å². The van der Waals surface area contributed by atoms with E-state index in [2.05, 4.69) is 39.9 Å². The molecule has 2 saturated heterocycles. The number of piperidine rings is 1. The van der Waals surface area contributed by atoms with Gasteiger partial charge in [0.15, 0.2) is 0 Å². The maximum absolute atomic E-state index is 9.90. The lowest BCUT2D eigenvalue weighted by atomic mass is 9.95. The van der Waals surface area contributed by atoms with Gasteiger partial charge in [-0.05, 0) is 61.9 Å². The van der Waals surface area contributed by atoms with E-state index in [-0.39, 0.29) is 0 Å². The largest absolute Gasteiger partial charge is 0.396 e. The molecule has 0 bridgehead atoms. The highest BCUT2D eigenvalue weighted by Gasteiger charge is 2.33. The van der Waals surface area contributed by atoms with Crippen molar-refractivity contribution in [1.82, 2.24) is 14.8 Å². The summed E-state index contributed by atoms with van der Waals surface area (Å²) in [5.74, 6) is 1.000. The zero-order valence-corrected chi connectivity index (χ0v) is 15.9. The number of benzene rings is 1. The van der Waals surface area contributed by atoms with Gasteiger partial charge >= 0.3 is 0 Å². The summed E-state index contributed by atoms with van der Waals surface area (Å²) >= 11 is 0. The Morgan fingerprint density at radius 3 is 2.65 bits per heavy atom. The van der Waals surface area contributed by atoms with Gasteiger partial charge in [-0.3, -0.25) is 9.88 Å². The summed E-state index contributed by atoms with van der Waals surface area (Å²) in [7, 11) is 0. The van der Waals surface area contributed by atoms with Crippen LogP contribution in [0.3, 0.4) is 0 Å². The normalized spacial score (nSPS) is 25.2. The number of aryl methyl sites for hydroxylation is 1. The molecule has 0 amide bonds. The zero-order valence-electron chi connectivity index (χ0n) is 15.9. The minimum atomic E-state index is 0.311. The Morgan fingerprint density at radius 1 is 1.04 bits per heavy atom. The van der Waals surface area contributed by atoms with Crippen molar-refractivity contribution in [2.45, 2.75) is 32.7 Å². The molecule has 0 aliphatic carbocycles. The second-order valence-corrected chi connectivity index (χ2v) is 8.20. The van der Waals surface area contributed by atoms with Crippen molar-refractivity contribution in [3.05, 3.63) is 41.6 Å². The number of likely N-dealkylation sites (tertiary alicyclic amines) is 2. The van der Waals surface area contributed by atoms with Crippen LogP contribution in [0.1, 0.15) is 30.4 Å². The average molecular weight is 354 g/mol. The first-order chi connectivity index (χ1) is 12.7. The summed E-state index contributed by atoms with van der Waals surface area (Å²) in [5, 5.41) is 11.2. The molecule has 2 aliphatic rings. The number of fused-ring (bicyclic) bond motifs is 1.